The fourth-order valence-corrected chi connectivity index (χ4v) is 3.40. The van der Waals surface area contributed by atoms with E-state index in [1.165, 1.54) is 5.56 Å². The second-order valence-corrected chi connectivity index (χ2v) is 7.90. The standard InChI is InChI=1S/C20H24N4O/c1-20(2,3)17-11-18-21-16-9-10-23(12-14-7-5-4-6-8-14)13-15(16)19(25)24(18)22-17/h4-8,11,22H,9-10,12-13H2,1-3H3. The largest absolute Gasteiger partial charge is 0.294 e. The predicted molar refractivity (Wildman–Crippen MR) is 98.8 cm³/mol. The molecule has 1 aromatic carbocycles. The minimum Gasteiger partial charge on any atom is -0.294 e. The van der Waals surface area contributed by atoms with Gasteiger partial charge in [0.25, 0.3) is 5.56 Å². The number of fused-ring (bicyclic) bond motifs is 2. The molecule has 5 heteroatoms. The molecule has 0 aliphatic carbocycles. The van der Waals surface area contributed by atoms with Crippen LogP contribution in [0.5, 0.6) is 0 Å². The van der Waals surface area contributed by atoms with Crippen molar-refractivity contribution in [2.24, 2.45) is 0 Å². The van der Waals surface area contributed by atoms with Crippen LogP contribution in [0.1, 0.15) is 43.3 Å². The zero-order valence-electron chi connectivity index (χ0n) is 15.0. The first kappa shape index (κ1) is 16.1. The molecule has 1 aliphatic heterocycles. The van der Waals surface area contributed by atoms with Gasteiger partial charge in [-0.05, 0) is 5.56 Å². The summed E-state index contributed by atoms with van der Waals surface area (Å²) >= 11 is 0. The van der Waals surface area contributed by atoms with Crippen LogP contribution in [0.2, 0.25) is 0 Å². The van der Waals surface area contributed by atoms with Crippen molar-refractivity contribution in [2.45, 2.75) is 45.7 Å². The maximum atomic E-state index is 13.0. The number of hydrogen-bond donors (Lipinski definition) is 1. The van der Waals surface area contributed by atoms with Crippen LogP contribution in [0.15, 0.2) is 41.2 Å². The molecule has 3 heterocycles. The first-order chi connectivity index (χ1) is 11.9. The van der Waals surface area contributed by atoms with Gasteiger partial charge in [0.05, 0.1) is 11.3 Å². The zero-order chi connectivity index (χ0) is 17.6. The van der Waals surface area contributed by atoms with Crippen LogP contribution in [-0.4, -0.2) is 26.0 Å². The Morgan fingerprint density at radius 2 is 1.96 bits per heavy atom. The van der Waals surface area contributed by atoms with Crippen molar-refractivity contribution in [2.75, 3.05) is 6.54 Å². The summed E-state index contributed by atoms with van der Waals surface area (Å²) in [5, 5.41) is 3.24. The van der Waals surface area contributed by atoms with Gasteiger partial charge in [-0.25, -0.2) is 9.50 Å². The summed E-state index contributed by atoms with van der Waals surface area (Å²) in [6, 6.07) is 12.4. The van der Waals surface area contributed by atoms with Crippen LogP contribution in [0.4, 0.5) is 0 Å². The van der Waals surface area contributed by atoms with E-state index in [9.17, 15) is 4.79 Å². The van der Waals surface area contributed by atoms with Crippen LogP contribution in [0.3, 0.4) is 0 Å². The summed E-state index contributed by atoms with van der Waals surface area (Å²) in [7, 11) is 0. The molecule has 1 N–H and O–H groups in total. The second kappa shape index (κ2) is 5.85. The number of hydrogen-bond acceptors (Lipinski definition) is 3. The Kier molecular flexibility index (Phi) is 3.76. The molecular weight excluding hydrogens is 312 g/mol. The van der Waals surface area contributed by atoms with E-state index in [0.717, 1.165) is 42.1 Å². The lowest BCUT2D eigenvalue weighted by Gasteiger charge is -2.27. The number of rotatable bonds is 2. The summed E-state index contributed by atoms with van der Waals surface area (Å²) in [6.07, 6.45) is 0.823. The summed E-state index contributed by atoms with van der Waals surface area (Å²) < 4.78 is 1.60. The molecule has 130 valence electrons. The Balaban J connectivity index is 1.69. The van der Waals surface area contributed by atoms with Crippen LogP contribution in [0.25, 0.3) is 5.65 Å². The molecule has 0 atom stereocenters. The molecule has 0 spiro atoms. The quantitative estimate of drug-likeness (QED) is 0.783. The monoisotopic (exact) mass is 336 g/mol. The Labute approximate surface area is 147 Å². The van der Waals surface area contributed by atoms with Crippen LogP contribution >= 0.6 is 0 Å². The summed E-state index contributed by atoms with van der Waals surface area (Å²) in [5.74, 6) is 0. The molecule has 3 aromatic rings. The van der Waals surface area contributed by atoms with Gasteiger partial charge in [0.1, 0.15) is 0 Å². The lowest BCUT2D eigenvalue weighted by Crippen LogP contribution is -2.36. The van der Waals surface area contributed by atoms with E-state index < -0.39 is 0 Å². The van der Waals surface area contributed by atoms with Gasteiger partial charge < -0.3 is 0 Å². The third-order valence-corrected chi connectivity index (χ3v) is 4.90. The molecule has 2 aromatic heterocycles. The van der Waals surface area contributed by atoms with E-state index in [1.807, 2.05) is 12.1 Å². The van der Waals surface area contributed by atoms with Gasteiger partial charge in [0, 0.05) is 43.2 Å². The Hall–Kier alpha value is -2.40. The van der Waals surface area contributed by atoms with Gasteiger partial charge in [0.2, 0.25) is 0 Å². The Morgan fingerprint density at radius 3 is 2.68 bits per heavy atom. The van der Waals surface area contributed by atoms with Crippen molar-refractivity contribution in [3.63, 3.8) is 0 Å². The highest BCUT2D eigenvalue weighted by atomic mass is 16.1. The van der Waals surface area contributed by atoms with Crippen molar-refractivity contribution in [1.82, 2.24) is 19.5 Å². The summed E-state index contributed by atoms with van der Waals surface area (Å²) in [6.45, 7) is 8.84. The molecule has 0 amide bonds. The van der Waals surface area contributed by atoms with Gasteiger partial charge in [-0.3, -0.25) is 14.8 Å². The fraction of sp³-hybridized carbons (Fsp3) is 0.400. The average Bonchev–Trinajstić information content (AvgIpc) is 3.01. The topological polar surface area (TPSA) is 53.4 Å². The molecule has 25 heavy (non-hydrogen) atoms. The number of H-pyrrole nitrogens is 1. The fourth-order valence-electron chi connectivity index (χ4n) is 3.40. The van der Waals surface area contributed by atoms with Crippen LogP contribution < -0.4 is 5.56 Å². The average molecular weight is 336 g/mol. The van der Waals surface area contributed by atoms with E-state index >= 15 is 0 Å². The number of aromatic amines is 1. The van der Waals surface area contributed by atoms with Gasteiger partial charge in [-0.15, -0.1) is 0 Å². The highest BCUT2D eigenvalue weighted by Crippen LogP contribution is 2.22. The first-order valence-electron chi connectivity index (χ1n) is 8.82. The Morgan fingerprint density at radius 1 is 1.20 bits per heavy atom. The van der Waals surface area contributed by atoms with Crippen molar-refractivity contribution in [1.29, 1.82) is 0 Å². The third-order valence-electron chi connectivity index (χ3n) is 4.90. The minimum absolute atomic E-state index is 0.0354. The van der Waals surface area contributed by atoms with Gasteiger partial charge in [-0.1, -0.05) is 51.1 Å². The molecule has 0 saturated heterocycles. The number of nitrogens with one attached hydrogen (secondary N) is 1. The highest BCUT2D eigenvalue weighted by molar-refractivity contribution is 5.43. The lowest BCUT2D eigenvalue weighted by molar-refractivity contribution is 0.241. The minimum atomic E-state index is -0.0417. The van der Waals surface area contributed by atoms with E-state index in [4.69, 9.17) is 4.98 Å². The van der Waals surface area contributed by atoms with E-state index in [1.54, 1.807) is 4.52 Å². The SMILES string of the molecule is CC(C)(C)c1cc2nc3c(c(=O)n2[nH]1)CN(Cc1ccccc1)CC3. The molecule has 4 rings (SSSR count). The molecule has 0 bridgehead atoms. The van der Waals surface area contributed by atoms with Gasteiger partial charge in [-0.2, -0.15) is 0 Å². The lowest BCUT2D eigenvalue weighted by atomic mass is 9.93. The molecule has 5 nitrogen and oxygen atoms in total. The van der Waals surface area contributed by atoms with Gasteiger partial charge in [0.15, 0.2) is 5.65 Å². The predicted octanol–water partition coefficient (Wildman–Crippen LogP) is 2.88. The first-order valence-corrected chi connectivity index (χ1v) is 8.82. The molecule has 0 unspecified atom stereocenters. The van der Waals surface area contributed by atoms with E-state index in [0.29, 0.717) is 6.54 Å². The zero-order valence-corrected chi connectivity index (χ0v) is 15.0. The molecular formula is C20H24N4O. The molecule has 0 fully saturated rings. The molecule has 1 aliphatic rings. The normalized spacial score (nSPS) is 15.5. The van der Waals surface area contributed by atoms with Crippen molar-refractivity contribution >= 4 is 5.65 Å². The van der Waals surface area contributed by atoms with Crippen molar-refractivity contribution in [3.8, 4) is 0 Å². The highest BCUT2D eigenvalue weighted by Gasteiger charge is 2.24. The van der Waals surface area contributed by atoms with Gasteiger partial charge >= 0.3 is 0 Å². The van der Waals surface area contributed by atoms with Crippen LogP contribution in [-0.2, 0) is 24.9 Å². The van der Waals surface area contributed by atoms with Crippen molar-refractivity contribution < 1.29 is 0 Å². The maximum absolute atomic E-state index is 13.0. The molecule has 0 radical (unpaired) electrons. The maximum Gasteiger partial charge on any atom is 0.277 e. The Bertz CT molecular complexity index is 963. The molecule has 0 saturated carbocycles. The summed E-state index contributed by atoms with van der Waals surface area (Å²) in [4.78, 5) is 20.1. The van der Waals surface area contributed by atoms with Crippen molar-refractivity contribution in [3.05, 3.63) is 69.3 Å². The van der Waals surface area contributed by atoms with E-state index in [2.05, 4.69) is 55.0 Å². The number of benzene rings is 1. The second-order valence-electron chi connectivity index (χ2n) is 7.90. The van der Waals surface area contributed by atoms with E-state index in [-0.39, 0.29) is 11.0 Å². The summed E-state index contributed by atoms with van der Waals surface area (Å²) in [5.41, 5.74) is 4.80. The van der Waals surface area contributed by atoms with Crippen LogP contribution in [0, 0.1) is 0 Å². The number of aromatic nitrogens is 3. The third kappa shape index (κ3) is 3.00. The smallest absolute Gasteiger partial charge is 0.277 e. The number of nitrogens with zero attached hydrogens (tertiary/aromatic N) is 3.